The third kappa shape index (κ3) is 2.13. The molecule has 3 rings (SSSR count). The van der Waals surface area contributed by atoms with Gasteiger partial charge in [0.25, 0.3) is 0 Å². The quantitative estimate of drug-likeness (QED) is 0.783. The Bertz CT molecular complexity index is 555. The molecule has 1 saturated heterocycles. The van der Waals surface area contributed by atoms with Gasteiger partial charge in [-0.2, -0.15) is 0 Å². The van der Waals surface area contributed by atoms with E-state index in [0.29, 0.717) is 17.2 Å². The molecule has 2 aliphatic rings. The molecule has 0 radical (unpaired) electrons. The summed E-state index contributed by atoms with van der Waals surface area (Å²) in [5.74, 6) is 0.888. The second-order valence-electron chi connectivity index (χ2n) is 5.84. The molecule has 1 aromatic carbocycles. The zero-order valence-electron chi connectivity index (χ0n) is 12.0. The van der Waals surface area contributed by atoms with Crippen LogP contribution in [0.15, 0.2) is 12.1 Å². The van der Waals surface area contributed by atoms with Crippen molar-refractivity contribution in [1.29, 1.82) is 0 Å². The first-order valence-corrected chi connectivity index (χ1v) is 7.51. The fraction of sp³-hybridized carbons (Fsp3) is 0.562. The van der Waals surface area contributed by atoms with Gasteiger partial charge in [0.15, 0.2) is 5.78 Å². The van der Waals surface area contributed by atoms with Gasteiger partial charge in [-0.15, -0.1) is 0 Å². The van der Waals surface area contributed by atoms with Crippen LogP contribution in [0.2, 0.25) is 5.02 Å². The fourth-order valence-corrected chi connectivity index (χ4v) is 3.59. The molecule has 3 nitrogen and oxygen atoms in total. The third-order valence-electron chi connectivity index (χ3n) is 4.56. The highest BCUT2D eigenvalue weighted by Gasteiger charge is 2.43. The van der Waals surface area contributed by atoms with Gasteiger partial charge in [-0.05, 0) is 37.5 Å². The van der Waals surface area contributed by atoms with Gasteiger partial charge >= 0.3 is 0 Å². The maximum Gasteiger partial charge on any atom is 0.172 e. The molecule has 0 N–H and O–H groups in total. The van der Waals surface area contributed by atoms with Gasteiger partial charge < -0.3 is 9.47 Å². The van der Waals surface area contributed by atoms with Gasteiger partial charge in [-0.1, -0.05) is 18.5 Å². The largest absolute Gasteiger partial charge is 0.492 e. The molecule has 4 atom stereocenters. The van der Waals surface area contributed by atoms with Gasteiger partial charge in [-0.25, -0.2) is 0 Å². The zero-order valence-corrected chi connectivity index (χ0v) is 12.7. The minimum Gasteiger partial charge on any atom is -0.492 e. The van der Waals surface area contributed by atoms with Crippen LogP contribution in [0.3, 0.4) is 0 Å². The average Bonchev–Trinajstić information content (AvgIpc) is 2.93. The number of rotatable bonds is 2. The summed E-state index contributed by atoms with van der Waals surface area (Å²) >= 11 is 6.14. The number of halogens is 1. The number of hydrogen-bond acceptors (Lipinski definition) is 3. The van der Waals surface area contributed by atoms with E-state index < -0.39 is 0 Å². The van der Waals surface area contributed by atoms with E-state index in [1.54, 1.807) is 6.07 Å². The summed E-state index contributed by atoms with van der Waals surface area (Å²) in [7, 11) is 0. The number of carbonyl (C=O) groups excluding carboxylic acids is 1. The number of carbonyl (C=O) groups is 1. The van der Waals surface area contributed by atoms with Crippen molar-refractivity contribution in [1.82, 2.24) is 0 Å². The zero-order chi connectivity index (χ0) is 14.4. The number of hydrogen-bond donors (Lipinski definition) is 0. The molecule has 20 heavy (non-hydrogen) atoms. The van der Waals surface area contributed by atoms with E-state index in [1.807, 2.05) is 19.9 Å². The first-order valence-electron chi connectivity index (χ1n) is 7.14. The molecular formula is C16H19ClO3. The molecule has 0 aromatic heterocycles. The Morgan fingerprint density at radius 2 is 2.00 bits per heavy atom. The molecule has 4 heteroatoms. The van der Waals surface area contributed by atoms with Gasteiger partial charge in [0, 0.05) is 11.4 Å². The number of benzene rings is 1. The summed E-state index contributed by atoms with van der Waals surface area (Å²) in [4.78, 5) is 12.9. The predicted molar refractivity (Wildman–Crippen MR) is 77.6 cm³/mol. The van der Waals surface area contributed by atoms with Crippen LogP contribution in [0.25, 0.3) is 0 Å². The topological polar surface area (TPSA) is 35.5 Å². The molecule has 2 heterocycles. The SMILES string of the molecule is CC1OC(C)C(C(=O)c2cc(Cl)cc3c2OCC3)C1C. The third-order valence-corrected chi connectivity index (χ3v) is 4.78. The lowest BCUT2D eigenvalue weighted by atomic mass is 9.83. The van der Waals surface area contributed by atoms with Crippen molar-refractivity contribution < 1.29 is 14.3 Å². The maximum absolute atomic E-state index is 12.9. The van der Waals surface area contributed by atoms with E-state index >= 15 is 0 Å². The molecule has 0 saturated carbocycles. The van der Waals surface area contributed by atoms with Crippen molar-refractivity contribution in [3.8, 4) is 5.75 Å². The smallest absolute Gasteiger partial charge is 0.172 e. The minimum atomic E-state index is -0.128. The standard InChI is InChI=1S/C16H19ClO3/c1-8-9(2)20-10(3)14(8)15(18)13-7-12(17)6-11-4-5-19-16(11)13/h6-10,14H,4-5H2,1-3H3. The molecule has 0 aliphatic carbocycles. The first-order chi connectivity index (χ1) is 9.49. The molecule has 4 unspecified atom stereocenters. The van der Waals surface area contributed by atoms with E-state index in [9.17, 15) is 4.79 Å². The molecule has 0 spiro atoms. The van der Waals surface area contributed by atoms with E-state index in [-0.39, 0.29) is 29.8 Å². The average molecular weight is 295 g/mol. The molecule has 0 amide bonds. The highest BCUT2D eigenvalue weighted by molar-refractivity contribution is 6.31. The van der Waals surface area contributed by atoms with Crippen molar-refractivity contribution in [3.63, 3.8) is 0 Å². The van der Waals surface area contributed by atoms with Crippen molar-refractivity contribution in [3.05, 3.63) is 28.3 Å². The number of ether oxygens (including phenoxy) is 2. The van der Waals surface area contributed by atoms with E-state index in [0.717, 1.165) is 17.7 Å². The van der Waals surface area contributed by atoms with Crippen molar-refractivity contribution in [2.24, 2.45) is 11.8 Å². The molecule has 1 fully saturated rings. The van der Waals surface area contributed by atoms with Gasteiger partial charge in [0.1, 0.15) is 5.75 Å². The van der Waals surface area contributed by atoms with Crippen LogP contribution in [0.5, 0.6) is 5.75 Å². The Balaban J connectivity index is 1.99. The highest BCUT2D eigenvalue weighted by atomic mass is 35.5. The summed E-state index contributed by atoms with van der Waals surface area (Å²) < 4.78 is 11.4. The molecule has 108 valence electrons. The van der Waals surface area contributed by atoms with Crippen LogP contribution in [0, 0.1) is 11.8 Å². The fourth-order valence-electron chi connectivity index (χ4n) is 3.35. The Hall–Kier alpha value is -1.06. The van der Waals surface area contributed by atoms with Crippen molar-refractivity contribution in [2.75, 3.05) is 6.61 Å². The van der Waals surface area contributed by atoms with Crippen LogP contribution in [0.4, 0.5) is 0 Å². The lowest BCUT2D eigenvalue weighted by Gasteiger charge is -2.18. The van der Waals surface area contributed by atoms with E-state index in [2.05, 4.69) is 6.92 Å². The predicted octanol–water partition coefficient (Wildman–Crippen LogP) is 3.52. The van der Waals surface area contributed by atoms with Crippen LogP contribution in [-0.2, 0) is 11.2 Å². The highest BCUT2D eigenvalue weighted by Crippen LogP contribution is 2.39. The summed E-state index contributed by atoms with van der Waals surface area (Å²) in [5, 5.41) is 0.602. The van der Waals surface area contributed by atoms with Gasteiger partial charge in [-0.3, -0.25) is 4.79 Å². The second-order valence-corrected chi connectivity index (χ2v) is 6.27. The summed E-state index contributed by atoms with van der Waals surface area (Å²) in [6.45, 7) is 6.68. The molecule has 0 bridgehead atoms. The van der Waals surface area contributed by atoms with Crippen LogP contribution >= 0.6 is 11.6 Å². The summed E-state index contributed by atoms with van der Waals surface area (Å²) in [6.07, 6.45) is 0.856. The number of Topliss-reactive ketones (excluding diaryl/α,β-unsaturated/α-hetero) is 1. The van der Waals surface area contributed by atoms with Gasteiger partial charge in [0.2, 0.25) is 0 Å². The van der Waals surface area contributed by atoms with E-state index in [1.165, 1.54) is 0 Å². The van der Waals surface area contributed by atoms with E-state index in [4.69, 9.17) is 21.1 Å². The second kappa shape index (κ2) is 5.05. The monoisotopic (exact) mass is 294 g/mol. The Labute approximate surface area is 124 Å². The number of ketones is 1. The normalized spacial score (nSPS) is 32.0. The molecule has 1 aromatic rings. The number of fused-ring (bicyclic) bond motifs is 1. The van der Waals surface area contributed by atoms with Crippen LogP contribution in [-0.4, -0.2) is 24.6 Å². The van der Waals surface area contributed by atoms with Gasteiger partial charge in [0.05, 0.1) is 30.3 Å². The van der Waals surface area contributed by atoms with Crippen molar-refractivity contribution >= 4 is 17.4 Å². The van der Waals surface area contributed by atoms with Crippen molar-refractivity contribution in [2.45, 2.75) is 39.4 Å². The summed E-state index contributed by atoms with van der Waals surface area (Å²) in [5.41, 5.74) is 1.65. The Morgan fingerprint density at radius 3 is 2.65 bits per heavy atom. The Morgan fingerprint density at radius 1 is 1.25 bits per heavy atom. The lowest BCUT2D eigenvalue weighted by molar-refractivity contribution is 0.0490. The lowest BCUT2D eigenvalue weighted by Crippen LogP contribution is -2.27. The molecular weight excluding hydrogens is 276 g/mol. The summed E-state index contributed by atoms with van der Waals surface area (Å²) in [6, 6.07) is 3.62. The minimum absolute atomic E-state index is 0.0662. The van der Waals surface area contributed by atoms with Crippen LogP contribution in [0.1, 0.15) is 36.7 Å². The first kappa shape index (κ1) is 13.9. The maximum atomic E-state index is 12.9. The van der Waals surface area contributed by atoms with Crippen LogP contribution < -0.4 is 4.74 Å². The molecule has 2 aliphatic heterocycles. The Kier molecular flexibility index (Phi) is 3.51.